The van der Waals surface area contributed by atoms with Crippen molar-refractivity contribution in [2.75, 3.05) is 45.9 Å². The normalized spacial score (nSPS) is 16.3. The third-order valence-electron chi connectivity index (χ3n) is 4.58. The molecule has 5 N–H and O–H groups in total. The van der Waals surface area contributed by atoms with E-state index in [9.17, 15) is 9.59 Å². The van der Waals surface area contributed by atoms with E-state index in [1.54, 1.807) is 31.2 Å². The molecule has 0 amide bonds. The predicted octanol–water partition coefficient (Wildman–Crippen LogP) is 0.951. The lowest BCUT2D eigenvalue weighted by Crippen LogP contribution is -2.44. The van der Waals surface area contributed by atoms with Gasteiger partial charge in [0, 0.05) is 44.0 Å². The van der Waals surface area contributed by atoms with Gasteiger partial charge in [0.15, 0.2) is 6.61 Å². The number of piperazine rings is 1. The Morgan fingerprint density at radius 3 is 2.59 bits per heavy atom. The highest BCUT2D eigenvalue weighted by Gasteiger charge is 2.21. The molecule has 1 aromatic rings. The molecular formula is C20H28ClN5O3. The van der Waals surface area contributed by atoms with E-state index in [1.165, 1.54) is 0 Å². The molecule has 1 fully saturated rings. The second-order valence-corrected chi connectivity index (χ2v) is 7.00. The van der Waals surface area contributed by atoms with E-state index in [-0.39, 0.29) is 22.7 Å². The molecule has 1 saturated heterocycles. The number of carbonyl (C=O) groups is 2. The van der Waals surface area contributed by atoms with Crippen molar-refractivity contribution in [1.29, 1.82) is 0 Å². The van der Waals surface area contributed by atoms with Gasteiger partial charge in [0.05, 0.1) is 11.6 Å². The van der Waals surface area contributed by atoms with Crippen LogP contribution >= 0.6 is 11.6 Å². The Hall–Kier alpha value is -2.42. The molecule has 9 heteroatoms. The van der Waals surface area contributed by atoms with Crippen molar-refractivity contribution in [3.63, 3.8) is 0 Å². The van der Waals surface area contributed by atoms with Gasteiger partial charge in [-0.2, -0.15) is 0 Å². The predicted molar refractivity (Wildman–Crippen MR) is 114 cm³/mol. The molecule has 1 heterocycles. The van der Waals surface area contributed by atoms with E-state index in [0.29, 0.717) is 18.0 Å². The van der Waals surface area contributed by atoms with E-state index in [4.69, 9.17) is 27.8 Å². The lowest BCUT2D eigenvalue weighted by atomic mass is 10.1. The van der Waals surface area contributed by atoms with Crippen LogP contribution in [-0.4, -0.2) is 68.4 Å². The van der Waals surface area contributed by atoms with Gasteiger partial charge in [-0.15, -0.1) is 0 Å². The largest absolute Gasteiger partial charge is 0.454 e. The number of halogens is 1. The molecule has 29 heavy (non-hydrogen) atoms. The van der Waals surface area contributed by atoms with Crippen molar-refractivity contribution >= 4 is 29.2 Å². The first kappa shape index (κ1) is 22.9. The van der Waals surface area contributed by atoms with Gasteiger partial charge in [-0.3, -0.25) is 14.7 Å². The second-order valence-electron chi connectivity index (χ2n) is 6.59. The van der Waals surface area contributed by atoms with Crippen LogP contribution < -0.4 is 16.8 Å². The number of hydrogen-bond acceptors (Lipinski definition) is 7. The highest BCUT2D eigenvalue weighted by Crippen LogP contribution is 2.16. The maximum atomic E-state index is 12.5. The number of nitrogens with zero attached hydrogens (tertiary/aromatic N) is 2. The Bertz CT molecular complexity index is 788. The Labute approximate surface area is 175 Å². The molecule has 1 aromatic carbocycles. The molecule has 8 nitrogen and oxygen atoms in total. The average Bonchev–Trinajstić information content (AvgIpc) is 2.73. The summed E-state index contributed by atoms with van der Waals surface area (Å²) in [5.41, 5.74) is 12.6. The van der Waals surface area contributed by atoms with Gasteiger partial charge in [0.2, 0.25) is 5.78 Å². The van der Waals surface area contributed by atoms with E-state index in [1.807, 2.05) is 0 Å². The van der Waals surface area contributed by atoms with Crippen molar-refractivity contribution in [1.82, 2.24) is 10.2 Å². The van der Waals surface area contributed by atoms with Crippen molar-refractivity contribution < 1.29 is 14.3 Å². The number of nitrogens with two attached hydrogens (primary N) is 2. The van der Waals surface area contributed by atoms with Gasteiger partial charge in [-0.1, -0.05) is 30.7 Å². The zero-order valence-electron chi connectivity index (χ0n) is 16.6. The fourth-order valence-corrected chi connectivity index (χ4v) is 3.11. The van der Waals surface area contributed by atoms with E-state index in [0.717, 1.165) is 32.7 Å². The second kappa shape index (κ2) is 11.5. The molecule has 0 radical (unpaired) electrons. The van der Waals surface area contributed by atoms with Crippen LogP contribution in [0, 0.1) is 0 Å². The summed E-state index contributed by atoms with van der Waals surface area (Å²) in [5.74, 6) is -1.16. The molecule has 0 saturated carbocycles. The minimum absolute atomic E-state index is 0.0137. The van der Waals surface area contributed by atoms with Gasteiger partial charge >= 0.3 is 5.97 Å². The number of ketones is 1. The SMILES string of the molecule is CCC(N)=C(C(=O)OCC(=O)c1ccccc1Cl)C(N)=NCCN1CCNCC1. The van der Waals surface area contributed by atoms with Crippen LogP contribution in [0.5, 0.6) is 0 Å². The lowest BCUT2D eigenvalue weighted by molar-refractivity contribution is -0.137. The summed E-state index contributed by atoms with van der Waals surface area (Å²) in [6, 6.07) is 6.57. The van der Waals surface area contributed by atoms with Crippen molar-refractivity contribution in [3.05, 3.63) is 46.1 Å². The summed E-state index contributed by atoms with van der Waals surface area (Å²) in [6.07, 6.45) is 0.400. The van der Waals surface area contributed by atoms with Crippen LogP contribution in [0.3, 0.4) is 0 Å². The monoisotopic (exact) mass is 421 g/mol. The van der Waals surface area contributed by atoms with E-state index < -0.39 is 18.4 Å². The number of aliphatic imine (C=N–C) groups is 1. The van der Waals surface area contributed by atoms with Crippen molar-refractivity contribution in [3.8, 4) is 0 Å². The molecule has 158 valence electrons. The Kier molecular flexibility index (Phi) is 9.11. The smallest absolute Gasteiger partial charge is 0.344 e. The Balaban J connectivity index is 1.99. The van der Waals surface area contributed by atoms with Gasteiger partial charge in [0.1, 0.15) is 11.4 Å². The minimum atomic E-state index is -0.770. The number of esters is 1. The maximum absolute atomic E-state index is 12.5. The van der Waals surface area contributed by atoms with Gasteiger partial charge in [0.25, 0.3) is 0 Å². The number of benzene rings is 1. The average molecular weight is 422 g/mol. The number of ether oxygens (including phenoxy) is 1. The fraction of sp³-hybridized carbons (Fsp3) is 0.450. The van der Waals surface area contributed by atoms with E-state index >= 15 is 0 Å². The Morgan fingerprint density at radius 2 is 1.93 bits per heavy atom. The third kappa shape index (κ3) is 6.85. The van der Waals surface area contributed by atoms with Gasteiger partial charge in [-0.05, 0) is 18.6 Å². The summed E-state index contributed by atoms with van der Waals surface area (Å²) in [4.78, 5) is 31.4. The molecule has 1 aliphatic heterocycles. The number of nitrogens with one attached hydrogen (secondary N) is 1. The van der Waals surface area contributed by atoms with Crippen LogP contribution in [0.4, 0.5) is 0 Å². The molecular weight excluding hydrogens is 394 g/mol. The first-order valence-corrected chi connectivity index (χ1v) is 9.98. The third-order valence-corrected chi connectivity index (χ3v) is 4.91. The topological polar surface area (TPSA) is 123 Å². The number of hydrogen-bond donors (Lipinski definition) is 3. The van der Waals surface area contributed by atoms with Crippen LogP contribution in [0.25, 0.3) is 0 Å². The Morgan fingerprint density at radius 1 is 1.24 bits per heavy atom. The number of Topliss-reactive ketones (excluding diaryl/α,β-unsaturated/α-hetero) is 1. The molecule has 1 aliphatic rings. The van der Waals surface area contributed by atoms with Crippen LogP contribution in [0.15, 0.2) is 40.5 Å². The number of rotatable bonds is 9. The summed E-state index contributed by atoms with van der Waals surface area (Å²) in [5, 5.41) is 3.58. The van der Waals surface area contributed by atoms with E-state index in [2.05, 4.69) is 15.2 Å². The zero-order valence-corrected chi connectivity index (χ0v) is 17.4. The highest BCUT2D eigenvalue weighted by atomic mass is 35.5. The molecule has 2 rings (SSSR count). The minimum Gasteiger partial charge on any atom is -0.454 e. The van der Waals surface area contributed by atoms with Crippen LogP contribution in [-0.2, 0) is 9.53 Å². The molecule has 0 bridgehead atoms. The standard InChI is InChI=1S/C20H28ClN5O3/c1-2-16(22)18(19(23)25-9-12-26-10-7-24-8-11-26)20(28)29-13-17(27)14-5-3-4-6-15(14)21/h3-6,24H,2,7-13,22H2,1H3,(H2,23,25). The molecule has 0 aromatic heterocycles. The number of allylic oxidation sites excluding steroid dienone is 1. The zero-order chi connectivity index (χ0) is 21.2. The van der Waals surface area contributed by atoms with Crippen molar-refractivity contribution in [2.45, 2.75) is 13.3 Å². The van der Waals surface area contributed by atoms with Crippen molar-refractivity contribution in [2.24, 2.45) is 16.5 Å². The summed E-state index contributed by atoms with van der Waals surface area (Å²) in [6.45, 7) is 6.29. The van der Waals surface area contributed by atoms with Crippen LogP contribution in [0.1, 0.15) is 23.7 Å². The van der Waals surface area contributed by atoms with Crippen LogP contribution in [0.2, 0.25) is 5.02 Å². The summed E-state index contributed by atoms with van der Waals surface area (Å²) in [7, 11) is 0. The highest BCUT2D eigenvalue weighted by molar-refractivity contribution is 6.34. The number of carbonyl (C=O) groups excluding carboxylic acids is 2. The quantitative estimate of drug-likeness (QED) is 0.178. The molecule has 0 atom stereocenters. The van der Waals surface area contributed by atoms with Gasteiger partial charge in [-0.25, -0.2) is 4.79 Å². The summed E-state index contributed by atoms with van der Waals surface area (Å²) >= 11 is 6.00. The first-order chi connectivity index (χ1) is 13.9. The molecule has 0 aliphatic carbocycles. The van der Waals surface area contributed by atoms with Gasteiger partial charge < -0.3 is 21.5 Å². The summed E-state index contributed by atoms with van der Waals surface area (Å²) < 4.78 is 5.15. The fourth-order valence-electron chi connectivity index (χ4n) is 2.87. The first-order valence-electron chi connectivity index (χ1n) is 9.60. The molecule has 0 unspecified atom stereocenters. The lowest BCUT2D eigenvalue weighted by Gasteiger charge is -2.26. The molecule has 0 spiro atoms. The maximum Gasteiger partial charge on any atom is 0.344 e. The number of amidine groups is 1.